The fourth-order valence-electron chi connectivity index (χ4n) is 5.54. The van der Waals surface area contributed by atoms with E-state index in [1.165, 1.54) is 34.1 Å². The molecule has 0 amide bonds. The lowest BCUT2D eigenvalue weighted by molar-refractivity contribution is -0.137. The Balaban J connectivity index is 1.12. The molecule has 1 aliphatic heterocycles. The quantitative estimate of drug-likeness (QED) is 0.340. The predicted octanol–water partition coefficient (Wildman–Crippen LogP) is 5.86. The number of aliphatic carboxylic acids is 1. The van der Waals surface area contributed by atoms with Crippen LogP contribution < -0.4 is 4.74 Å². The van der Waals surface area contributed by atoms with E-state index in [4.69, 9.17) is 9.26 Å². The van der Waals surface area contributed by atoms with Crippen LogP contribution in [0.25, 0.3) is 0 Å². The second-order valence-corrected chi connectivity index (χ2v) is 9.74. The normalized spacial score (nSPS) is 17.5. The van der Waals surface area contributed by atoms with E-state index in [-0.39, 0.29) is 18.4 Å². The highest BCUT2D eigenvalue weighted by atomic mass is 16.5. The van der Waals surface area contributed by atoms with Gasteiger partial charge in [0.2, 0.25) is 0 Å². The van der Waals surface area contributed by atoms with Crippen LogP contribution in [0.1, 0.15) is 63.9 Å². The van der Waals surface area contributed by atoms with Gasteiger partial charge in [-0.2, -0.15) is 0 Å². The lowest BCUT2D eigenvalue weighted by Crippen LogP contribution is -2.15. The molecule has 6 heteroatoms. The number of aromatic nitrogens is 1. The first-order valence-corrected chi connectivity index (χ1v) is 12.4. The van der Waals surface area contributed by atoms with Gasteiger partial charge in [0.15, 0.2) is 0 Å². The van der Waals surface area contributed by atoms with Crippen LogP contribution in [0, 0.1) is 0 Å². The van der Waals surface area contributed by atoms with Crippen molar-refractivity contribution in [3.05, 3.63) is 118 Å². The van der Waals surface area contributed by atoms with Crippen LogP contribution in [0.3, 0.4) is 0 Å². The average molecular weight is 481 g/mol. The maximum atomic E-state index is 11.4. The van der Waals surface area contributed by atoms with E-state index in [1.54, 1.807) is 6.07 Å². The molecule has 6 rings (SSSR count). The molecule has 0 fully saturated rings. The van der Waals surface area contributed by atoms with Gasteiger partial charge in [-0.15, -0.1) is 0 Å². The molecule has 3 aromatic carbocycles. The van der Waals surface area contributed by atoms with E-state index < -0.39 is 5.97 Å². The molecule has 1 aliphatic carbocycles. The van der Waals surface area contributed by atoms with Gasteiger partial charge in [-0.25, -0.2) is 0 Å². The van der Waals surface area contributed by atoms with E-state index >= 15 is 0 Å². The molecule has 2 heterocycles. The van der Waals surface area contributed by atoms with Crippen LogP contribution in [-0.4, -0.2) is 21.1 Å². The number of carboxylic acids is 1. The van der Waals surface area contributed by atoms with E-state index in [0.717, 1.165) is 43.8 Å². The van der Waals surface area contributed by atoms with Gasteiger partial charge < -0.3 is 14.4 Å². The number of carboxylic acid groups (broad SMARTS) is 1. The topological polar surface area (TPSA) is 75.8 Å². The van der Waals surface area contributed by atoms with Gasteiger partial charge in [0, 0.05) is 31.6 Å². The van der Waals surface area contributed by atoms with Crippen molar-refractivity contribution < 1.29 is 19.2 Å². The van der Waals surface area contributed by atoms with Gasteiger partial charge >= 0.3 is 5.97 Å². The second-order valence-electron chi connectivity index (χ2n) is 9.74. The number of carbonyl (C=O) groups is 1. The smallest absolute Gasteiger partial charge is 0.304 e. The standard InChI is InChI=1S/C30H28N2O4/c33-30(34)16-27(28-13-14-35-31-28)21-6-9-25(10-7-21)36-29-12-8-22-15-20(5-11-26(22)29)17-32-18-23-3-1-2-4-24(23)19-32/h1-7,9-11,13-15,27,29H,8,12,16-19H2,(H,33,34)/t27-,29+/m0/s1. The van der Waals surface area contributed by atoms with Gasteiger partial charge in [0.05, 0.1) is 12.1 Å². The maximum absolute atomic E-state index is 11.4. The lowest BCUT2D eigenvalue weighted by atomic mass is 9.92. The number of ether oxygens (including phenoxy) is 1. The Morgan fingerprint density at radius 3 is 2.50 bits per heavy atom. The molecule has 182 valence electrons. The van der Waals surface area contributed by atoms with Crippen molar-refractivity contribution in [1.29, 1.82) is 0 Å². The molecule has 0 radical (unpaired) electrons. The van der Waals surface area contributed by atoms with Crippen molar-refractivity contribution >= 4 is 5.97 Å². The molecule has 0 spiro atoms. The zero-order valence-electron chi connectivity index (χ0n) is 20.0. The number of fused-ring (bicyclic) bond motifs is 2. The van der Waals surface area contributed by atoms with Gasteiger partial charge in [-0.3, -0.25) is 9.69 Å². The fraction of sp³-hybridized carbons (Fsp3) is 0.267. The Kier molecular flexibility index (Phi) is 6.03. The summed E-state index contributed by atoms with van der Waals surface area (Å²) >= 11 is 0. The second kappa shape index (κ2) is 9.63. The first kappa shape index (κ1) is 22.6. The number of rotatable bonds is 8. The summed E-state index contributed by atoms with van der Waals surface area (Å²) in [5.74, 6) is -0.450. The molecule has 36 heavy (non-hydrogen) atoms. The maximum Gasteiger partial charge on any atom is 0.304 e. The molecule has 0 saturated carbocycles. The molecular formula is C30H28N2O4. The first-order valence-electron chi connectivity index (χ1n) is 12.4. The number of benzene rings is 3. The van der Waals surface area contributed by atoms with Gasteiger partial charge in [0.1, 0.15) is 18.1 Å². The minimum atomic E-state index is -0.875. The highest BCUT2D eigenvalue weighted by Gasteiger charge is 2.26. The summed E-state index contributed by atoms with van der Waals surface area (Å²) in [4.78, 5) is 13.9. The number of aryl methyl sites for hydroxylation is 1. The molecule has 2 aliphatic rings. The Morgan fingerprint density at radius 1 is 1.03 bits per heavy atom. The summed E-state index contributed by atoms with van der Waals surface area (Å²) < 4.78 is 11.3. The average Bonchev–Trinajstić information content (AvgIpc) is 3.63. The molecule has 4 aromatic rings. The molecular weight excluding hydrogens is 452 g/mol. The SMILES string of the molecule is O=C(O)C[C@@H](c1ccc(O[C@@H]2CCc3cc(CN4Cc5ccccc5C4)ccc32)cc1)c1ccon1. The number of nitrogens with zero attached hydrogens (tertiary/aromatic N) is 2. The minimum Gasteiger partial charge on any atom is -0.486 e. The Labute approximate surface area is 210 Å². The van der Waals surface area contributed by atoms with E-state index in [0.29, 0.717) is 5.69 Å². The number of hydrogen-bond donors (Lipinski definition) is 1. The van der Waals surface area contributed by atoms with Crippen LogP contribution in [0.2, 0.25) is 0 Å². The van der Waals surface area contributed by atoms with Crippen LogP contribution in [0.4, 0.5) is 0 Å². The number of hydrogen-bond acceptors (Lipinski definition) is 5. The largest absolute Gasteiger partial charge is 0.486 e. The molecule has 1 N–H and O–H groups in total. The van der Waals surface area contributed by atoms with Crippen molar-refractivity contribution in [2.24, 2.45) is 0 Å². The minimum absolute atomic E-state index is 0.0290. The first-order chi connectivity index (χ1) is 17.6. The van der Waals surface area contributed by atoms with E-state index in [2.05, 4.69) is 52.5 Å². The molecule has 0 unspecified atom stereocenters. The van der Waals surface area contributed by atoms with Crippen LogP contribution in [0.5, 0.6) is 5.75 Å². The Bertz CT molecular complexity index is 1340. The summed E-state index contributed by atoms with van der Waals surface area (Å²) in [6.07, 6.45) is 3.42. The van der Waals surface area contributed by atoms with Gasteiger partial charge in [-0.05, 0) is 58.4 Å². The molecule has 1 aromatic heterocycles. The van der Waals surface area contributed by atoms with Crippen molar-refractivity contribution in [3.8, 4) is 5.75 Å². The van der Waals surface area contributed by atoms with Crippen molar-refractivity contribution in [1.82, 2.24) is 10.1 Å². The summed E-state index contributed by atoms with van der Waals surface area (Å²) in [5, 5.41) is 13.3. The van der Waals surface area contributed by atoms with Crippen molar-refractivity contribution in [2.75, 3.05) is 0 Å². The van der Waals surface area contributed by atoms with Gasteiger partial charge in [0.25, 0.3) is 0 Å². The van der Waals surface area contributed by atoms with E-state index in [9.17, 15) is 9.90 Å². The van der Waals surface area contributed by atoms with Crippen molar-refractivity contribution in [3.63, 3.8) is 0 Å². The zero-order valence-corrected chi connectivity index (χ0v) is 20.0. The third-order valence-electron chi connectivity index (χ3n) is 7.30. The third kappa shape index (κ3) is 4.64. The molecule has 2 atom stereocenters. The van der Waals surface area contributed by atoms with Crippen molar-refractivity contribution in [2.45, 2.75) is 50.9 Å². The third-order valence-corrected chi connectivity index (χ3v) is 7.30. The summed E-state index contributed by atoms with van der Waals surface area (Å²) in [5.41, 5.74) is 8.35. The van der Waals surface area contributed by atoms with Gasteiger partial charge in [-0.1, -0.05) is 59.8 Å². The summed E-state index contributed by atoms with van der Waals surface area (Å²) in [7, 11) is 0. The van der Waals surface area contributed by atoms with Crippen LogP contribution >= 0.6 is 0 Å². The Hall–Kier alpha value is -3.90. The highest BCUT2D eigenvalue weighted by molar-refractivity contribution is 5.68. The summed E-state index contributed by atoms with van der Waals surface area (Å²) in [6.45, 7) is 2.98. The lowest BCUT2D eigenvalue weighted by Gasteiger charge is -2.18. The fourth-order valence-corrected chi connectivity index (χ4v) is 5.54. The monoisotopic (exact) mass is 480 g/mol. The van der Waals surface area contributed by atoms with E-state index in [1.807, 2.05) is 24.3 Å². The Morgan fingerprint density at radius 2 is 1.81 bits per heavy atom. The summed E-state index contributed by atoms with van der Waals surface area (Å²) in [6, 6.07) is 24.9. The van der Waals surface area contributed by atoms with Crippen LogP contribution in [-0.2, 0) is 30.8 Å². The highest BCUT2D eigenvalue weighted by Crippen LogP contribution is 2.37. The molecule has 6 nitrogen and oxygen atoms in total. The zero-order chi connectivity index (χ0) is 24.5. The molecule has 0 bridgehead atoms. The van der Waals surface area contributed by atoms with Crippen LogP contribution in [0.15, 0.2) is 83.6 Å². The predicted molar refractivity (Wildman–Crippen MR) is 135 cm³/mol. The molecule has 0 saturated heterocycles.